The van der Waals surface area contributed by atoms with Crippen LogP contribution in [0.2, 0.25) is 0 Å². The van der Waals surface area contributed by atoms with E-state index in [1.54, 1.807) is 6.07 Å². The molecule has 0 radical (unpaired) electrons. The molecule has 140 valence electrons. The Labute approximate surface area is 159 Å². The second-order valence-electron chi connectivity index (χ2n) is 7.53. The fraction of sp³-hybridized carbons (Fsp3) is 0.381. The fourth-order valence-electron chi connectivity index (χ4n) is 4.68. The van der Waals surface area contributed by atoms with Gasteiger partial charge in [-0.05, 0) is 78.8 Å². The van der Waals surface area contributed by atoms with Crippen LogP contribution in [-0.4, -0.2) is 16.8 Å². The molecule has 27 heavy (non-hydrogen) atoms. The molecule has 0 aromatic heterocycles. The van der Waals surface area contributed by atoms with Crippen LogP contribution in [0.15, 0.2) is 39.6 Å². The third kappa shape index (κ3) is 2.87. The maximum absolute atomic E-state index is 13.4. The van der Waals surface area contributed by atoms with Gasteiger partial charge in [0.2, 0.25) is 0 Å². The van der Waals surface area contributed by atoms with E-state index in [1.807, 2.05) is 18.2 Å². The summed E-state index contributed by atoms with van der Waals surface area (Å²) >= 11 is 0. The van der Waals surface area contributed by atoms with Crippen molar-refractivity contribution >= 4 is 21.6 Å². The van der Waals surface area contributed by atoms with Crippen molar-refractivity contribution in [2.45, 2.75) is 49.8 Å². The average molecular weight is 382 g/mol. The predicted molar refractivity (Wildman–Crippen MR) is 106 cm³/mol. The van der Waals surface area contributed by atoms with Crippen LogP contribution in [0.1, 0.15) is 40.7 Å². The highest BCUT2D eigenvalue weighted by molar-refractivity contribution is 7.92. The highest BCUT2D eigenvalue weighted by Crippen LogP contribution is 2.38. The van der Waals surface area contributed by atoms with E-state index in [0.717, 1.165) is 56.2 Å². The van der Waals surface area contributed by atoms with Gasteiger partial charge in [0.15, 0.2) is 0 Å². The van der Waals surface area contributed by atoms with Crippen LogP contribution in [0.4, 0.5) is 10.5 Å². The van der Waals surface area contributed by atoms with E-state index < -0.39 is 15.9 Å². The van der Waals surface area contributed by atoms with Gasteiger partial charge in [0.05, 0.1) is 4.90 Å². The van der Waals surface area contributed by atoms with E-state index in [4.69, 9.17) is 0 Å². The number of carbonyl (C=O) groups is 1. The lowest BCUT2D eigenvalue weighted by Crippen LogP contribution is -2.32. The van der Waals surface area contributed by atoms with Gasteiger partial charge < -0.3 is 5.32 Å². The van der Waals surface area contributed by atoms with Crippen molar-refractivity contribution in [2.75, 3.05) is 11.9 Å². The smallest absolute Gasteiger partial charge is 0.305 e. The summed E-state index contributed by atoms with van der Waals surface area (Å²) in [4.78, 5) is 13.4. The first-order chi connectivity index (χ1) is 13.1. The molecular formula is C21H23N3O2S. The second kappa shape index (κ2) is 6.46. The molecule has 2 aromatic rings. The standard InChI is InChI=1S/C21H23N3O2S/c25-21(24-27(26)19-10-2-1-5-14(19)11-12-22-27)23-20-17-8-3-6-15(17)13-16-7-4-9-18(16)20/h1-2,5,10,13H,3-4,6-9,11-12H2,(H2,22,23,24,25,26). The molecule has 2 aliphatic carbocycles. The number of nitrogens with zero attached hydrogens (tertiary/aromatic N) is 1. The maximum Gasteiger partial charge on any atom is 0.354 e. The lowest BCUT2D eigenvalue weighted by atomic mass is 9.99. The van der Waals surface area contributed by atoms with Crippen molar-refractivity contribution in [2.24, 2.45) is 4.36 Å². The van der Waals surface area contributed by atoms with Crippen molar-refractivity contribution in [3.8, 4) is 0 Å². The molecule has 0 saturated heterocycles. The summed E-state index contributed by atoms with van der Waals surface area (Å²) in [5.74, 6) is 0. The molecule has 6 heteroatoms. The number of hydrogen-bond acceptors (Lipinski definition) is 2. The zero-order valence-electron chi connectivity index (χ0n) is 15.2. The Morgan fingerprint density at radius 2 is 1.67 bits per heavy atom. The number of urea groups is 1. The summed E-state index contributed by atoms with van der Waals surface area (Å²) in [6.07, 6.45) is 7.20. The first-order valence-electron chi connectivity index (χ1n) is 9.71. The number of hydrogen-bond donors (Lipinski definition) is 2. The molecule has 2 N–H and O–H groups in total. The number of rotatable bonds is 1. The van der Waals surface area contributed by atoms with Gasteiger partial charge in [0.25, 0.3) is 0 Å². The maximum atomic E-state index is 13.4. The number of anilines is 1. The largest absolute Gasteiger partial charge is 0.354 e. The minimum absolute atomic E-state index is 0.515. The molecule has 0 saturated carbocycles. The second-order valence-corrected chi connectivity index (χ2v) is 9.50. The molecular weight excluding hydrogens is 358 g/mol. The van der Waals surface area contributed by atoms with E-state index >= 15 is 0 Å². The van der Waals surface area contributed by atoms with Crippen LogP contribution in [0.3, 0.4) is 0 Å². The number of fused-ring (bicyclic) bond motifs is 3. The predicted octanol–water partition coefficient (Wildman–Crippen LogP) is 3.78. The molecule has 3 aliphatic rings. The molecule has 2 amide bonds. The van der Waals surface area contributed by atoms with E-state index in [2.05, 4.69) is 20.5 Å². The number of nitrogens with one attached hydrogen (secondary N) is 2. The van der Waals surface area contributed by atoms with Gasteiger partial charge in [-0.25, -0.2) is 13.7 Å². The monoisotopic (exact) mass is 381 g/mol. The van der Waals surface area contributed by atoms with Gasteiger partial charge >= 0.3 is 6.03 Å². The minimum Gasteiger partial charge on any atom is -0.305 e. The molecule has 2 aromatic carbocycles. The Balaban J connectivity index is 1.53. The van der Waals surface area contributed by atoms with Crippen LogP contribution in [0.5, 0.6) is 0 Å². The van der Waals surface area contributed by atoms with Crippen LogP contribution in [0.25, 0.3) is 0 Å². The normalized spacial score (nSPS) is 22.7. The van der Waals surface area contributed by atoms with Gasteiger partial charge in [-0.1, -0.05) is 24.3 Å². The molecule has 0 bridgehead atoms. The number of amides is 2. The Morgan fingerprint density at radius 1 is 0.963 bits per heavy atom. The first kappa shape index (κ1) is 17.0. The molecule has 1 atom stereocenters. The lowest BCUT2D eigenvalue weighted by molar-refractivity contribution is 0.260. The van der Waals surface area contributed by atoms with Crippen molar-refractivity contribution < 1.29 is 9.00 Å². The van der Waals surface area contributed by atoms with Gasteiger partial charge in [0, 0.05) is 12.2 Å². The van der Waals surface area contributed by atoms with Crippen LogP contribution < -0.4 is 10.0 Å². The first-order valence-corrected chi connectivity index (χ1v) is 11.2. The number of carbonyl (C=O) groups excluding carboxylic acids is 1. The molecule has 0 fully saturated rings. The van der Waals surface area contributed by atoms with E-state index in [0.29, 0.717) is 11.4 Å². The Kier molecular flexibility index (Phi) is 4.06. The summed E-state index contributed by atoms with van der Waals surface area (Å²) in [6.45, 7) is 0.558. The summed E-state index contributed by atoms with van der Waals surface area (Å²) < 4.78 is 20.5. The SMILES string of the molecule is O=C(N=S1(=O)NCCc2ccccc21)Nc1c2c(cc3c1CCC3)CCC2. The third-order valence-corrected chi connectivity index (χ3v) is 7.89. The molecule has 5 nitrogen and oxygen atoms in total. The van der Waals surface area contributed by atoms with Crippen molar-refractivity contribution in [3.05, 3.63) is 58.1 Å². The van der Waals surface area contributed by atoms with Crippen LogP contribution in [-0.2, 0) is 42.0 Å². The number of aryl methyl sites for hydroxylation is 2. The van der Waals surface area contributed by atoms with Gasteiger partial charge in [0.1, 0.15) is 9.92 Å². The van der Waals surface area contributed by atoms with Gasteiger partial charge in [-0.15, -0.1) is 4.36 Å². The lowest BCUT2D eigenvalue weighted by Gasteiger charge is -2.21. The number of benzene rings is 2. The molecule has 0 spiro atoms. The zero-order chi connectivity index (χ0) is 18.4. The van der Waals surface area contributed by atoms with Crippen molar-refractivity contribution in [1.82, 2.24) is 4.72 Å². The summed E-state index contributed by atoms with van der Waals surface area (Å²) in [5.41, 5.74) is 7.17. The Hall–Kier alpha value is -2.18. The quantitative estimate of drug-likeness (QED) is 0.789. The average Bonchev–Trinajstić information content (AvgIpc) is 3.31. The van der Waals surface area contributed by atoms with E-state index in [9.17, 15) is 9.00 Å². The Morgan fingerprint density at radius 3 is 2.41 bits per heavy atom. The summed E-state index contributed by atoms with van der Waals surface area (Å²) in [6, 6.07) is 9.35. The third-order valence-electron chi connectivity index (χ3n) is 5.88. The highest BCUT2D eigenvalue weighted by Gasteiger charge is 2.26. The van der Waals surface area contributed by atoms with Crippen LogP contribution in [0, 0.1) is 0 Å². The summed E-state index contributed by atoms with van der Waals surface area (Å²) in [5, 5.41) is 3.02. The van der Waals surface area contributed by atoms with Crippen molar-refractivity contribution in [1.29, 1.82) is 0 Å². The molecule has 1 aliphatic heterocycles. The fourth-order valence-corrected chi connectivity index (χ4v) is 6.44. The van der Waals surface area contributed by atoms with Gasteiger partial charge in [-0.3, -0.25) is 0 Å². The molecule has 1 heterocycles. The topological polar surface area (TPSA) is 70.6 Å². The molecule has 1 unspecified atom stereocenters. The molecule has 5 rings (SSSR count). The summed E-state index contributed by atoms with van der Waals surface area (Å²) in [7, 11) is -2.93. The van der Waals surface area contributed by atoms with Crippen LogP contribution >= 0.6 is 0 Å². The zero-order valence-corrected chi connectivity index (χ0v) is 16.0. The van der Waals surface area contributed by atoms with E-state index in [1.165, 1.54) is 22.3 Å². The Bertz CT molecular complexity index is 1040. The van der Waals surface area contributed by atoms with E-state index in [-0.39, 0.29) is 0 Å². The van der Waals surface area contributed by atoms with Crippen molar-refractivity contribution in [3.63, 3.8) is 0 Å². The van der Waals surface area contributed by atoms with Gasteiger partial charge in [-0.2, -0.15) is 0 Å². The minimum atomic E-state index is -2.93. The highest BCUT2D eigenvalue weighted by atomic mass is 32.2.